The molecule has 3 N–H and O–H groups in total. The Morgan fingerprint density at radius 3 is 2.35 bits per heavy atom. The van der Waals surface area contributed by atoms with Gasteiger partial charge in [0.15, 0.2) is 0 Å². The number of carboxylic acid groups (broad SMARTS) is 1. The standard InChI is InChI=1S/C25H26F3N3O3/c1-15(2)13-21(16-3-5-17(6-4-16)24(34)29-12-11-23(32)33)31-22-10-7-18-14-19(25(26,27)28)8-9-20(18)30-22/h3-10,14-15,21H,11-13H2,1-2H3,(H,29,34)(H,30,31)(H,32,33). The van der Waals surface area contributed by atoms with Crippen molar-refractivity contribution in [1.82, 2.24) is 10.3 Å². The highest BCUT2D eigenvalue weighted by molar-refractivity contribution is 5.94. The van der Waals surface area contributed by atoms with E-state index in [4.69, 9.17) is 5.11 Å². The minimum atomic E-state index is -4.41. The Morgan fingerprint density at radius 1 is 1.03 bits per heavy atom. The molecule has 1 unspecified atom stereocenters. The molecule has 0 saturated carbocycles. The summed E-state index contributed by atoms with van der Waals surface area (Å²) < 4.78 is 38.9. The van der Waals surface area contributed by atoms with Crippen LogP contribution in [0.2, 0.25) is 0 Å². The molecule has 1 heterocycles. The second-order valence-electron chi connectivity index (χ2n) is 8.45. The molecule has 3 aromatic rings. The Balaban J connectivity index is 1.77. The van der Waals surface area contributed by atoms with Gasteiger partial charge in [-0.25, -0.2) is 4.98 Å². The van der Waals surface area contributed by atoms with Gasteiger partial charge in [0.05, 0.1) is 23.5 Å². The fourth-order valence-electron chi connectivity index (χ4n) is 3.56. The summed E-state index contributed by atoms with van der Waals surface area (Å²) in [5.74, 6) is -0.461. The van der Waals surface area contributed by atoms with Crippen molar-refractivity contribution in [3.8, 4) is 0 Å². The molecule has 34 heavy (non-hydrogen) atoms. The lowest BCUT2D eigenvalue weighted by Crippen LogP contribution is -2.26. The van der Waals surface area contributed by atoms with Gasteiger partial charge >= 0.3 is 12.1 Å². The third kappa shape index (κ3) is 6.69. The number of halogens is 3. The SMILES string of the molecule is CC(C)CC(Nc1ccc2cc(C(F)(F)F)ccc2n1)c1ccc(C(=O)NCCC(=O)O)cc1. The second-order valence-corrected chi connectivity index (χ2v) is 8.45. The number of nitrogens with one attached hydrogen (secondary N) is 2. The number of hydrogen-bond donors (Lipinski definition) is 3. The summed E-state index contributed by atoms with van der Waals surface area (Å²) in [5, 5.41) is 15.0. The van der Waals surface area contributed by atoms with E-state index in [1.165, 1.54) is 6.07 Å². The number of fused-ring (bicyclic) bond motifs is 1. The lowest BCUT2D eigenvalue weighted by Gasteiger charge is -2.22. The number of carboxylic acids is 1. The van der Waals surface area contributed by atoms with Crippen LogP contribution in [0.15, 0.2) is 54.6 Å². The quantitative estimate of drug-likeness (QED) is 0.373. The van der Waals surface area contributed by atoms with Crippen molar-refractivity contribution in [2.75, 3.05) is 11.9 Å². The smallest absolute Gasteiger partial charge is 0.416 e. The molecule has 0 bridgehead atoms. The number of aromatic nitrogens is 1. The molecular formula is C25H26F3N3O3. The molecule has 0 aliphatic carbocycles. The van der Waals surface area contributed by atoms with E-state index in [0.29, 0.717) is 28.2 Å². The first-order chi connectivity index (χ1) is 16.0. The Kier molecular flexibility index (Phi) is 7.75. The van der Waals surface area contributed by atoms with E-state index in [9.17, 15) is 22.8 Å². The van der Waals surface area contributed by atoms with E-state index in [2.05, 4.69) is 29.5 Å². The molecule has 6 nitrogen and oxygen atoms in total. The first-order valence-corrected chi connectivity index (χ1v) is 10.9. The Morgan fingerprint density at radius 2 is 1.74 bits per heavy atom. The van der Waals surface area contributed by atoms with E-state index >= 15 is 0 Å². The molecule has 0 aliphatic rings. The van der Waals surface area contributed by atoms with Crippen molar-refractivity contribution in [2.45, 2.75) is 38.9 Å². The molecule has 9 heteroatoms. The zero-order valence-electron chi connectivity index (χ0n) is 18.8. The Bertz CT molecular complexity index is 1160. The molecule has 0 spiro atoms. The zero-order valence-corrected chi connectivity index (χ0v) is 18.8. The number of amides is 1. The van der Waals surface area contributed by atoms with E-state index in [0.717, 1.165) is 24.1 Å². The highest BCUT2D eigenvalue weighted by Gasteiger charge is 2.30. The van der Waals surface area contributed by atoms with Crippen molar-refractivity contribution in [3.05, 3.63) is 71.3 Å². The summed E-state index contributed by atoms with van der Waals surface area (Å²) in [6, 6.07) is 13.6. The highest BCUT2D eigenvalue weighted by atomic mass is 19.4. The summed E-state index contributed by atoms with van der Waals surface area (Å²) in [4.78, 5) is 27.3. The third-order valence-corrected chi connectivity index (χ3v) is 5.25. The van der Waals surface area contributed by atoms with Gasteiger partial charge in [-0.05, 0) is 60.4 Å². The van der Waals surface area contributed by atoms with Gasteiger partial charge in [-0.2, -0.15) is 13.2 Å². The van der Waals surface area contributed by atoms with Gasteiger partial charge in [0.25, 0.3) is 5.91 Å². The molecule has 180 valence electrons. The van der Waals surface area contributed by atoms with E-state index in [-0.39, 0.29) is 24.9 Å². The summed E-state index contributed by atoms with van der Waals surface area (Å²) in [6.07, 6.45) is -3.80. The number of nitrogens with zero attached hydrogens (tertiary/aromatic N) is 1. The van der Waals surface area contributed by atoms with Crippen LogP contribution in [0.4, 0.5) is 19.0 Å². The zero-order chi connectivity index (χ0) is 24.9. The first kappa shape index (κ1) is 25.0. The van der Waals surface area contributed by atoms with Crippen LogP contribution in [0, 0.1) is 5.92 Å². The lowest BCUT2D eigenvalue weighted by atomic mass is 9.96. The van der Waals surface area contributed by atoms with Gasteiger partial charge in [-0.15, -0.1) is 0 Å². The van der Waals surface area contributed by atoms with Gasteiger partial charge in [0, 0.05) is 17.5 Å². The topological polar surface area (TPSA) is 91.3 Å². The van der Waals surface area contributed by atoms with Crippen molar-refractivity contribution in [3.63, 3.8) is 0 Å². The summed E-state index contributed by atoms with van der Waals surface area (Å²) in [7, 11) is 0. The van der Waals surface area contributed by atoms with Gasteiger partial charge in [-0.1, -0.05) is 26.0 Å². The largest absolute Gasteiger partial charge is 0.481 e. The van der Waals surface area contributed by atoms with E-state index < -0.39 is 17.7 Å². The van der Waals surface area contributed by atoms with Crippen LogP contribution in [0.3, 0.4) is 0 Å². The number of rotatable bonds is 9. The van der Waals surface area contributed by atoms with Gasteiger partial charge in [0.1, 0.15) is 5.82 Å². The van der Waals surface area contributed by atoms with Crippen molar-refractivity contribution in [2.24, 2.45) is 5.92 Å². The van der Waals surface area contributed by atoms with E-state index in [1.54, 1.807) is 24.3 Å². The number of carbonyl (C=O) groups is 2. The van der Waals surface area contributed by atoms with Crippen LogP contribution in [-0.2, 0) is 11.0 Å². The summed E-state index contributed by atoms with van der Waals surface area (Å²) >= 11 is 0. The molecule has 3 rings (SSSR count). The normalized spacial score (nSPS) is 12.5. The molecule has 0 aliphatic heterocycles. The van der Waals surface area contributed by atoms with Gasteiger partial charge < -0.3 is 15.7 Å². The maximum absolute atomic E-state index is 13.0. The van der Waals surface area contributed by atoms with Crippen molar-refractivity contribution >= 4 is 28.6 Å². The second kappa shape index (κ2) is 10.5. The van der Waals surface area contributed by atoms with E-state index in [1.807, 2.05) is 12.1 Å². The Hall–Kier alpha value is -3.62. The van der Waals surface area contributed by atoms with Crippen LogP contribution in [0.1, 0.15) is 54.2 Å². The minimum absolute atomic E-state index is 0.0472. The lowest BCUT2D eigenvalue weighted by molar-refractivity contribution is -0.138. The fourth-order valence-corrected chi connectivity index (χ4v) is 3.56. The van der Waals surface area contributed by atoms with Crippen LogP contribution < -0.4 is 10.6 Å². The average Bonchev–Trinajstić information content (AvgIpc) is 2.77. The molecule has 2 aromatic carbocycles. The van der Waals surface area contributed by atoms with Crippen LogP contribution >= 0.6 is 0 Å². The van der Waals surface area contributed by atoms with Crippen molar-refractivity contribution in [1.29, 1.82) is 0 Å². The molecule has 0 saturated heterocycles. The van der Waals surface area contributed by atoms with Gasteiger partial charge in [-0.3, -0.25) is 9.59 Å². The predicted molar refractivity (Wildman–Crippen MR) is 124 cm³/mol. The number of alkyl halides is 3. The minimum Gasteiger partial charge on any atom is -0.481 e. The maximum atomic E-state index is 13.0. The van der Waals surface area contributed by atoms with Gasteiger partial charge in [0.2, 0.25) is 0 Å². The fraction of sp³-hybridized carbons (Fsp3) is 0.320. The molecule has 1 atom stereocenters. The summed E-state index contributed by atoms with van der Waals surface area (Å²) in [5.41, 5.74) is 1.08. The third-order valence-electron chi connectivity index (χ3n) is 5.25. The molecular weight excluding hydrogens is 447 g/mol. The highest BCUT2D eigenvalue weighted by Crippen LogP contribution is 2.32. The average molecular weight is 473 g/mol. The number of pyridine rings is 1. The molecule has 1 amide bonds. The maximum Gasteiger partial charge on any atom is 0.416 e. The Labute approximate surface area is 195 Å². The van der Waals surface area contributed by atoms with Crippen molar-refractivity contribution < 1.29 is 27.9 Å². The predicted octanol–water partition coefficient (Wildman–Crippen LogP) is 5.66. The monoisotopic (exact) mass is 473 g/mol. The number of aliphatic carboxylic acids is 1. The number of carbonyl (C=O) groups excluding carboxylic acids is 1. The molecule has 0 fully saturated rings. The number of benzene rings is 2. The number of hydrogen-bond acceptors (Lipinski definition) is 4. The first-order valence-electron chi connectivity index (χ1n) is 10.9. The molecule has 0 radical (unpaired) electrons. The number of anilines is 1. The van der Waals surface area contributed by atoms with Crippen LogP contribution in [0.25, 0.3) is 10.9 Å². The molecule has 1 aromatic heterocycles. The van der Waals surface area contributed by atoms with Crippen LogP contribution in [0.5, 0.6) is 0 Å². The summed E-state index contributed by atoms with van der Waals surface area (Å²) in [6.45, 7) is 4.20. The van der Waals surface area contributed by atoms with Crippen LogP contribution in [-0.4, -0.2) is 28.5 Å².